The first kappa shape index (κ1) is 20.4. The van der Waals surface area contributed by atoms with Gasteiger partial charge >= 0.3 is 0 Å². The highest BCUT2D eigenvalue weighted by atomic mass is 16.7. The fourth-order valence-electron chi connectivity index (χ4n) is 3.28. The lowest BCUT2D eigenvalue weighted by atomic mass is 9.99. The summed E-state index contributed by atoms with van der Waals surface area (Å²) in [7, 11) is 1.63. The number of fused-ring (bicyclic) bond motifs is 1. The summed E-state index contributed by atoms with van der Waals surface area (Å²) >= 11 is 0. The van der Waals surface area contributed by atoms with Crippen molar-refractivity contribution >= 4 is 11.1 Å². The van der Waals surface area contributed by atoms with Gasteiger partial charge in [-0.15, -0.1) is 0 Å². The number of methoxy groups -OCH3 is 1. The quantitative estimate of drug-likeness (QED) is 0.288. The van der Waals surface area contributed by atoms with Crippen LogP contribution in [0.2, 0.25) is 0 Å². The highest BCUT2D eigenvalue weighted by Gasteiger charge is 2.23. The monoisotopic (exact) mass is 415 g/mol. The van der Waals surface area contributed by atoms with Gasteiger partial charge in [-0.25, -0.2) is 9.97 Å². The van der Waals surface area contributed by atoms with E-state index in [9.17, 15) is 0 Å². The third-order valence-electron chi connectivity index (χ3n) is 4.71. The van der Waals surface area contributed by atoms with Crippen molar-refractivity contribution in [3.8, 4) is 40.1 Å². The van der Waals surface area contributed by atoms with Gasteiger partial charge in [0.05, 0.1) is 26.2 Å². The first-order chi connectivity index (χ1) is 15.2. The molecule has 0 aliphatic carbocycles. The predicted octanol–water partition coefficient (Wildman–Crippen LogP) is 5.22. The summed E-state index contributed by atoms with van der Waals surface area (Å²) in [5.74, 6) is 1.78. The lowest BCUT2D eigenvalue weighted by Crippen LogP contribution is -2.17. The zero-order valence-corrected chi connectivity index (χ0v) is 17.2. The van der Waals surface area contributed by atoms with Crippen LogP contribution in [-0.4, -0.2) is 30.0 Å². The van der Waals surface area contributed by atoms with Gasteiger partial charge in [-0.1, -0.05) is 42.5 Å². The fourth-order valence-corrected chi connectivity index (χ4v) is 3.28. The summed E-state index contributed by atoms with van der Waals surface area (Å²) < 4.78 is 23.0. The Hall–Kier alpha value is -3.89. The number of hydrogen-bond acceptors (Lipinski definition) is 7. The Morgan fingerprint density at radius 1 is 1.03 bits per heavy atom. The normalized spacial score (nSPS) is 11.8. The summed E-state index contributed by atoms with van der Waals surface area (Å²) in [6.07, 6.45) is 1.09. The van der Waals surface area contributed by atoms with Crippen LogP contribution in [0.15, 0.2) is 65.3 Å². The Morgan fingerprint density at radius 2 is 1.81 bits per heavy atom. The fraction of sp³-hybridized carbons (Fsp3) is 0.208. The van der Waals surface area contributed by atoms with Gasteiger partial charge in [-0.05, 0) is 24.6 Å². The average molecular weight is 415 g/mol. The number of nitrogens with zero attached hydrogens (tertiary/aromatic N) is 3. The molecule has 0 saturated heterocycles. The zero-order chi connectivity index (χ0) is 21.6. The molecule has 0 aliphatic heterocycles. The van der Waals surface area contributed by atoms with Crippen LogP contribution in [-0.2, 0) is 4.74 Å². The van der Waals surface area contributed by atoms with Crippen LogP contribution >= 0.6 is 0 Å². The molecule has 0 saturated carbocycles. The Morgan fingerprint density at radius 3 is 2.52 bits per heavy atom. The molecular formula is C24H21N3O4. The van der Waals surface area contributed by atoms with Crippen LogP contribution in [0.4, 0.5) is 0 Å². The van der Waals surface area contributed by atoms with E-state index >= 15 is 0 Å². The zero-order valence-electron chi connectivity index (χ0n) is 17.2. The van der Waals surface area contributed by atoms with E-state index in [0.717, 1.165) is 22.4 Å². The van der Waals surface area contributed by atoms with E-state index in [1.54, 1.807) is 14.0 Å². The van der Waals surface area contributed by atoms with Crippen molar-refractivity contribution < 1.29 is 18.6 Å². The summed E-state index contributed by atoms with van der Waals surface area (Å²) in [5, 5.41) is 9.36. The Kier molecular flexibility index (Phi) is 6.11. The van der Waals surface area contributed by atoms with E-state index < -0.39 is 6.29 Å². The highest BCUT2D eigenvalue weighted by molar-refractivity contribution is 6.03. The molecule has 2 heterocycles. The minimum absolute atomic E-state index is 0.276. The van der Waals surface area contributed by atoms with Gasteiger partial charge < -0.3 is 18.6 Å². The molecule has 31 heavy (non-hydrogen) atoms. The number of hydrogen-bond donors (Lipinski definition) is 0. The molecule has 7 nitrogen and oxygen atoms in total. The smallest absolute Gasteiger partial charge is 0.234 e. The van der Waals surface area contributed by atoms with Gasteiger partial charge in [0, 0.05) is 11.1 Å². The van der Waals surface area contributed by atoms with Crippen LogP contribution < -0.4 is 9.47 Å². The minimum Gasteiger partial charge on any atom is -0.497 e. The van der Waals surface area contributed by atoms with Crippen molar-refractivity contribution in [2.45, 2.75) is 19.6 Å². The van der Waals surface area contributed by atoms with Gasteiger partial charge in [0.25, 0.3) is 0 Å². The molecule has 1 atom stereocenters. The molecule has 0 aliphatic rings. The molecule has 4 rings (SSSR count). The third kappa shape index (κ3) is 4.34. The van der Waals surface area contributed by atoms with Crippen LogP contribution in [0.25, 0.3) is 33.6 Å². The van der Waals surface area contributed by atoms with Crippen molar-refractivity contribution in [2.75, 3.05) is 13.7 Å². The van der Waals surface area contributed by atoms with Crippen molar-refractivity contribution in [3.05, 3.63) is 60.9 Å². The van der Waals surface area contributed by atoms with Crippen molar-refractivity contribution in [1.82, 2.24) is 9.97 Å². The maximum Gasteiger partial charge on any atom is 0.234 e. The summed E-state index contributed by atoms with van der Waals surface area (Å²) in [4.78, 5) is 8.66. The molecule has 2 aromatic carbocycles. The summed E-state index contributed by atoms with van der Waals surface area (Å²) in [5.41, 5.74) is 3.06. The van der Waals surface area contributed by atoms with E-state index in [1.165, 1.54) is 6.33 Å². The number of nitriles is 1. The lowest BCUT2D eigenvalue weighted by molar-refractivity contribution is -0.0659. The first-order valence-corrected chi connectivity index (χ1v) is 9.83. The van der Waals surface area contributed by atoms with Crippen LogP contribution in [0, 0.1) is 11.3 Å². The third-order valence-corrected chi connectivity index (χ3v) is 4.71. The van der Waals surface area contributed by atoms with E-state index in [4.69, 9.17) is 23.9 Å². The maximum atomic E-state index is 8.71. The van der Waals surface area contributed by atoms with Gasteiger partial charge in [0.1, 0.15) is 23.2 Å². The second-order valence-corrected chi connectivity index (χ2v) is 6.72. The van der Waals surface area contributed by atoms with Crippen molar-refractivity contribution in [3.63, 3.8) is 0 Å². The largest absolute Gasteiger partial charge is 0.497 e. The topological polar surface area (TPSA) is 90.4 Å². The molecule has 0 amide bonds. The molecule has 0 N–H and O–H groups in total. The Bertz CT molecular complexity index is 1200. The van der Waals surface area contributed by atoms with E-state index in [1.807, 2.05) is 60.7 Å². The van der Waals surface area contributed by atoms with Gasteiger partial charge in [0.15, 0.2) is 6.29 Å². The molecule has 0 bridgehead atoms. The molecule has 0 spiro atoms. The average Bonchev–Trinajstić information content (AvgIpc) is 3.20. The molecule has 156 valence electrons. The van der Waals surface area contributed by atoms with Gasteiger partial charge in [-0.2, -0.15) is 5.26 Å². The Labute approximate surface area is 179 Å². The SMILES string of the molecule is COc1ccc(-c2c(-c3ccccc3)oc3ncnc(OC(C)OCCC#N)c23)cc1. The second kappa shape index (κ2) is 9.28. The van der Waals surface area contributed by atoms with Gasteiger partial charge in [0.2, 0.25) is 11.6 Å². The van der Waals surface area contributed by atoms with Crippen molar-refractivity contribution in [2.24, 2.45) is 0 Å². The van der Waals surface area contributed by atoms with E-state index in [-0.39, 0.29) is 13.0 Å². The number of aromatic nitrogens is 2. The summed E-state index contributed by atoms with van der Waals surface area (Å²) in [6, 6.07) is 19.6. The molecule has 0 fully saturated rings. The standard InChI is InChI=1S/C24H21N3O4/c1-16(29-14-6-13-25)30-23-21-20(17-9-11-19(28-2)12-10-17)22(18-7-4-3-5-8-18)31-24(21)27-15-26-23/h3-5,7-12,15-16H,6,14H2,1-2H3. The maximum absolute atomic E-state index is 8.71. The van der Waals surface area contributed by atoms with Gasteiger partial charge in [-0.3, -0.25) is 0 Å². The van der Waals surface area contributed by atoms with E-state index in [2.05, 4.69) is 9.97 Å². The van der Waals surface area contributed by atoms with Crippen LogP contribution in [0.3, 0.4) is 0 Å². The molecule has 0 radical (unpaired) electrons. The first-order valence-electron chi connectivity index (χ1n) is 9.83. The molecule has 7 heteroatoms. The number of rotatable bonds is 8. The predicted molar refractivity (Wildman–Crippen MR) is 116 cm³/mol. The van der Waals surface area contributed by atoms with Crippen LogP contribution in [0.1, 0.15) is 13.3 Å². The minimum atomic E-state index is -0.592. The van der Waals surface area contributed by atoms with E-state index in [0.29, 0.717) is 22.7 Å². The molecule has 4 aromatic rings. The number of benzene rings is 2. The van der Waals surface area contributed by atoms with Crippen molar-refractivity contribution in [1.29, 1.82) is 5.26 Å². The highest BCUT2D eigenvalue weighted by Crippen LogP contribution is 2.43. The molecule has 1 unspecified atom stereocenters. The summed E-state index contributed by atoms with van der Waals surface area (Å²) in [6.45, 7) is 2.04. The van der Waals surface area contributed by atoms with Crippen LogP contribution in [0.5, 0.6) is 11.6 Å². The second-order valence-electron chi connectivity index (χ2n) is 6.72. The molecule has 2 aromatic heterocycles. The number of furan rings is 1. The number of ether oxygens (including phenoxy) is 3. The molecular weight excluding hydrogens is 394 g/mol. The lowest BCUT2D eigenvalue weighted by Gasteiger charge is -2.14. The Balaban J connectivity index is 1.85.